The molecular weight excluding hydrogens is 294 g/mol. The molecule has 1 aliphatic rings. The van der Waals surface area contributed by atoms with Crippen LogP contribution in [0.2, 0.25) is 0 Å². The van der Waals surface area contributed by atoms with Crippen LogP contribution in [0.4, 0.5) is 0 Å². The number of nitrogens with one attached hydrogen (secondary N) is 1. The predicted octanol–water partition coefficient (Wildman–Crippen LogP) is 1.83. The van der Waals surface area contributed by atoms with Crippen molar-refractivity contribution in [1.82, 2.24) is 14.9 Å². The lowest BCUT2D eigenvalue weighted by Gasteiger charge is -2.09. The third-order valence-electron chi connectivity index (χ3n) is 3.15. The summed E-state index contributed by atoms with van der Waals surface area (Å²) < 4.78 is 18.1. The normalized spacial score (nSPS) is 12.0. The number of fused-ring (bicyclic) bond motifs is 1. The number of nitrogens with zero attached hydrogens (tertiary/aromatic N) is 2. The van der Waals surface area contributed by atoms with Gasteiger partial charge in [-0.05, 0) is 17.7 Å². The van der Waals surface area contributed by atoms with E-state index in [0.717, 1.165) is 30.9 Å². The van der Waals surface area contributed by atoms with Crippen molar-refractivity contribution in [3.63, 3.8) is 0 Å². The molecule has 2 aromatic rings. The Kier molecular flexibility index (Phi) is 5.30. The van der Waals surface area contributed by atoms with Crippen LogP contribution >= 0.6 is 12.4 Å². The summed E-state index contributed by atoms with van der Waals surface area (Å²) >= 11 is 0. The van der Waals surface area contributed by atoms with Gasteiger partial charge in [-0.15, -0.1) is 12.4 Å². The lowest BCUT2D eigenvalue weighted by Crippen LogP contribution is -2.19. The highest BCUT2D eigenvalue weighted by atomic mass is 35.5. The number of rotatable bonds is 6. The monoisotopic (exact) mass is 311 g/mol. The lowest BCUT2D eigenvalue weighted by molar-refractivity contribution is 0.171. The molecule has 0 atom stereocenters. The van der Waals surface area contributed by atoms with Crippen molar-refractivity contribution in [3.05, 3.63) is 36.4 Å². The second-order valence-corrected chi connectivity index (χ2v) is 4.51. The maximum Gasteiger partial charge on any atom is 0.231 e. The van der Waals surface area contributed by atoms with Crippen LogP contribution in [0.5, 0.6) is 17.2 Å². The summed E-state index contributed by atoms with van der Waals surface area (Å²) in [5.74, 6) is 2.15. The first-order chi connectivity index (χ1) is 9.86. The van der Waals surface area contributed by atoms with Crippen LogP contribution in [0.25, 0.3) is 0 Å². The molecule has 7 heteroatoms. The van der Waals surface area contributed by atoms with Gasteiger partial charge in [-0.1, -0.05) is 0 Å². The quantitative estimate of drug-likeness (QED) is 0.825. The summed E-state index contributed by atoms with van der Waals surface area (Å²) in [6.07, 6.45) is 5.54. The van der Waals surface area contributed by atoms with Crippen LogP contribution < -0.4 is 19.5 Å². The topological polar surface area (TPSA) is 57.5 Å². The van der Waals surface area contributed by atoms with E-state index in [1.54, 1.807) is 13.3 Å². The number of hydrogen-bond acceptors (Lipinski definition) is 5. The fourth-order valence-corrected chi connectivity index (χ4v) is 2.15. The number of aromatic nitrogens is 2. The molecule has 114 valence electrons. The molecule has 1 N–H and O–H groups in total. The van der Waals surface area contributed by atoms with Crippen LogP contribution in [0, 0.1) is 0 Å². The number of halogens is 1. The van der Waals surface area contributed by atoms with Gasteiger partial charge in [0.2, 0.25) is 12.5 Å². The molecule has 3 rings (SSSR count). The zero-order valence-electron chi connectivity index (χ0n) is 11.7. The van der Waals surface area contributed by atoms with E-state index in [9.17, 15) is 0 Å². The summed E-state index contributed by atoms with van der Waals surface area (Å²) in [6, 6.07) is 3.95. The second kappa shape index (κ2) is 7.19. The zero-order chi connectivity index (χ0) is 13.8. The summed E-state index contributed by atoms with van der Waals surface area (Å²) in [4.78, 5) is 4.01. The first kappa shape index (κ1) is 15.5. The molecule has 0 radical (unpaired) electrons. The minimum Gasteiger partial charge on any atom is -0.493 e. The van der Waals surface area contributed by atoms with E-state index in [1.807, 2.05) is 29.2 Å². The minimum absolute atomic E-state index is 0. The molecule has 0 spiro atoms. The molecule has 0 amide bonds. The SMILES string of the molecule is COc1cc(CNCCn2ccnc2)cc2c1OCO2.Cl. The van der Waals surface area contributed by atoms with Gasteiger partial charge in [0, 0.05) is 32.0 Å². The Balaban J connectivity index is 0.00000161. The number of methoxy groups -OCH3 is 1. The summed E-state index contributed by atoms with van der Waals surface area (Å²) in [7, 11) is 1.63. The highest BCUT2D eigenvalue weighted by Gasteiger charge is 2.19. The Morgan fingerprint density at radius 2 is 2.29 bits per heavy atom. The molecule has 1 aromatic carbocycles. The number of ether oxygens (including phenoxy) is 3. The van der Waals surface area contributed by atoms with E-state index in [1.165, 1.54) is 0 Å². The van der Waals surface area contributed by atoms with E-state index in [4.69, 9.17) is 14.2 Å². The van der Waals surface area contributed by atoms with Gasteiger partial charge in [0.1, 0.15) is 0 Å². The van der Waals surface area contributed by atoms with Crippen LogP contribution in [0.1, 0.15) is 5.56 Å². The molecule has 2 heterocycles. The Bertz CT molecular complexity index is 575. The number of hydrogen-bond donors (Lipinski definition) is 1. The predicted molar refractivity (Wildman–Crippen MR) is 80.3 cm³/mol. The maximum absolute atomic E-state index is 5.40. The van der Waals surface area contributed by atoms with Crippen molar-refractivity contribution in [2.75, 3.05) is 20.4 Å². The van der Waals surface area contributed by atoms with Crippen LogP contribution in [0.15, 0.2) is 30.9 Å². The van der Waals surface area contributed by atoms with Gasteiger partial charge >= 0.3 is 0 Å². The van der Waals surface area contributed by atoms with Gasteiger partial charge in [-0.25, -0.2) is 4.98 Å². The smallest absolute Gasteiger partial charge is 0.231 e. The van der Waals surface area contributed by atoms with Crippen molar-refractivity contribution < 1.29 is 14.2 Å². The average molecular weight is 312 g/mol. The van der Waals surface area contributed by atoms with E-state index >= 15 is 0 Å². The summed E-state index contributed by atoms with van der Waals surface area (Å²) in [6.45, 7) is 2.76. The van der Waals surface area contributed by atoms with Crippen molar-refractivity contribution in [2.24, 2.45) is 0 Å². The molecule has 21 heavy (non-hydrogen) atoms. The van der Waals surface area contributed by atoms with Gasteiger partial charge in [-0.3, -0.25) is 0 Å². The van der Waals surface area contributed by atoms with E-state index in [0.29, 0.717) is 11.5 Å². The Morgan fingerprint density at radius 1 is 1.38 bits per heavy atom. The minimum atomic E-state index is 0. The molecule has 1 aliphatic heterocycles. The summed E-state index contributed by atoms with van der Waals surface area (Å²) in [5, 5.41) is 3.38. The molecular formula is C14H18ClN3O3. The summed E-state index contributed by atoms with van der Waals surface area (Å²) in [5.41, 5.74) is 1.11. The van der Waals surface area contributed by atoms with Gasteiger partial charge in [0.25, 0.3) is 0 Å². The molecule has 1 aromatic heterocycles. The number of benzene rings is 1. The third-order valence-corrected chi connectivity index (χ3v) is 3.15. The molecule has 0 saturated heterocycles. The number of imidazole rings is 1. The van der Waals surface area contributed by atoms with Crippen LogP contribution in [-0.2, 0) is 13.1 Å². The molecule has 0 bridgehead atoms. The molecule has 0 aliphatic carbocycles. The van der Waals surface area contributed by atoms with Crippen molar-refractivity contribution >= 4 is 12.4 Å². The molecule has 0 unspecified atom stereocenters. The standard InChI is InChI=1S/C14H17N3O3.ClH/c1-18-12-6-11(7-13-14(12)20-10-19-13)8-15-2-4-17-5-3-16-9-17;/h3,5-7,9,15H,2,4,8,10H2,1H3;1H. The fraction of sp³-hybridized carbons (Fsp3) is 0.357. The highest BCUT2D eigenvalue weighted by Crippen LogP contribution is 2.41. The van der Waals surface area contributed by atoms with Gasteiger partial charge in [0.05, 0.1) is 13.4 Å². The third kappa shape index (κ3) is 3.59. The highest BCUT2D eigenvalue weighted by molar-refractivity contribution is 5.85. The van der Waals surface area contributed by atoms with Gasteiger partial charge in [-0.2, -0.15) is 0 Å². The Hall–Kier alpha value is -1.92. The zero-order valence-corrected chi connectivity index (χ0v) is 12.6. The Labute approximate surface area is 129 Å². The van der Waals surface area contributed by atoms with E-state index in [-0.39, 0.29) is 19.2 Å². The lowest BCUT2D eigenvalue weighted by atomic mass is 10.2. The fourth-order valence-electron chi connectivity index (χ4n) is 2.15. The molecule has 0 saturated carbocycles. The first-order valence-electron chi connectivity index (χ1n) is 6.50. The van der Waals surface area contributed by atoms with Crippen LogP contribution in [-0.4, -0.2) is 30.0 Å². The van der Waals surface area contributed by atoms with E-state index in [2.05, 4.69) is 10.3 Å². The maximum atomic E-state index is 5.40. The van der Waals surface area contributed by atoms with Crippen molar-refractivity contribution in [1.29, 1.82) is 0 Å². The largest absolute Gasteiger partial charge is 0.493 e. The second-order valence-electron chi connectivity index (χ2n) is 4.51. The van der Waals surface area contributed by atoms with Crippen LogP contribution in [0.3, 0.4) is 0 Å². The molecule has 6 nitrogen and oxygen atoms in total. The average Bonchev–Trinajstić information content (AvgIpc) is 3.13. The molecule has 0 fully saturated rings. The van der Waals surface area contributed by atoms with Crippen molar-refractivity contribution in [2.45, 2.75) is 13.1 Å². The first-order valence-corrected chi connectivity index (χ1v) is 6.50. The van der Waals surface area contributed by atoms with Gasteiger partial charge in [0.15, 0.2) is 11.5 Å². The Morgan fingerprint density at radius 3 is 3.05 bits per heavy atom. The van der Waals surface area contributed by atoms with E-state index < -0.39 is 0 Å². The van der Waals surface area contributed by atoms with Crippen molar-refractivity contribution in [3.8, 4) is 17.2 Å². The van der Waals surface area contributed by atoms with Gasteiger partial charge < -0.3 is 24.1 Å².